The van der Waals surface area contributed by atoms with Gasteiger partial charge in [-0.05, 0) is 49.9 Å². The first kappa shape index (κ1) is 15.0. The summed E-state index contributed by atoms with van der Waals surface area (Å²) < 4.78 is 11.1. The summed E-state index contributed by atoms with van der Waals surface area (Å²) >= 11 is 0. The van der Waals surface area contributed by atoms with Crippen molar-refractivity contribution in [2.45, 2.75) is 32.6 Å². The van der Waals surface area contributed by atoms with Crippen LogP contribution >= 0.6 is 0 Å². The van der Waals surface area contributed by atoms with Gasteiger partial charge in [0.25, 0.3) is 0 Å². The molecule has 0 aromatic heterocycles. The summed E-state index contributed by atoms with van der Waals surface area (Å²) in [5.74, 6) is 0.932. The smallest absolute Gasteiger partial charge is 0.119 e. The van der Waals surface area contributed by atoms with Gasteiger partial charge in [-0.25, -0.2) is 0 Å². The Morgan fingerprint density at radius 3 is 2.72 bits per heavy atom. The first-order valence-electron chi connectivity index (χ1n) is 6.86. The maximum atomic E-state index is 5.63. The maximum Gasteiger partial charge on any atom is 0.119 e. The summed E-state index contributed by atoms with van der Waals surface area (Å²) in [5.41, 5.74) is 6.72. The molecule has 3 nitrogen and oxygen atoms in total. The van der Waals surface area contributed by atoms with Gasteiger partial charge in [0, 0.05) is 6.61 Å². The van der Waals surface area contributed by atoms with Crippen LogP contribution in [0.25, 0.3) is 0 Å². The molecule has 0 unspecified atom stereocenters. The predicted octanol–water partition coefficient (Wildman–Crippen LogP) is 2.77. The van der Waals surface area contributed by atoms with Crippen molar-refractivity contribution in [3.05, 3.63) is 29.8 Å². The van der Waals surface area contributed by atoms with Crippen LogP contribution in [0.2, 0.25) is 0 Å². The Balaban J connectivity index is 2.03. The number of benzene rings is 1. The quantitative estimate of drug-likeness (QED) is 0.650. The summed E-state index contributed by atoms with van der Waals surface area (Å²) in [6.07, 6.45) is 4.36. The van der Waals surface area contributed by atoms with Crippen molar-refractivity contribution in [3.63, 3.8) is 0 Å². The topological polar surface area (TPSA) is 44.5 Å². The van der Waals surface area contributed by atoms with E-state index in [2.05, 4.69) is 19.1 Å². The van der Waals surface area contributed by atoms with Gasteiger partial charge in [-0.3, -0.25) is 0 Å². The summed E-state index contributed by atoms with van der Waals surface area (Å²) in [5, 5.41) is 0. The molecule has 0 saturated heterocycles. The summed E-state index contributed by atoms with van der Waals surface area (Å²) in [7, 11) is 0. The molecule has 0 fully saturated rings. The van der Waals surface area contributed by atoms with E-state index in [4.69, 9.17) is 15.2 Å². The van der Waals surface area contributed by atoms with Gasteiger partial charge < -0.3 is 15.2 Å². The van der Waals surface area contributed by atoms with Crippen LogP contribution in [0, 0.1) is 0 Å². The molecule has 0 amide bonds. The van der Waals surface area contributed by atoms with Crippen molar-refractivity contribution in [2.24, 2.45) is 5.73 Å². The normalized spacial score (nSPS) is 10.6. The third kappa shape index (κ3) is 6.62. The van der Waals surface area contributed by atoms with Crippen molar-refractivity contribution < 1.29 is 9.47 Å². The molecule has 0 saturated carbocycles. The molecule has 0 aliphatic rings. The predicted molar refractivity (Wildman–Crippen MR) is 75.0 cm³/mol. The minimum atomic E-state index is 0.615. The number of hydrogen-bond donors (Lipinski definition) is 1. The lowest BCUT2D eigenvalue weighted by molar-refractivity contribution is 0.0972. The van der Waals surface area contributed by atoms with Gasteiger partial charge in [-0.1, -0.05) is 19.1 Å². The van der Waals surface area contributed by atoms with Crippen molar-refractivity contribution in [3.8, 4) is 5.75 Å². The molecule has 102 valence electrons. The van der Waals surface area contributed by atoms with Gasteiger partial charge in [-0.2, -0.15) is 0 Å². The molecule has 3 heteroatoms. The third-order valence-corrected chi connectivity index (χ3v) is 2.80. The highest BCUT2D eigenvalue weighted by Crippen LogP contribution is 2.13. The monoisotopic (exact) mass is 251 g/mol. The zero-order chi connectivity index (χ0) is 13.1. The standard InChI is InChI=1S/C15H25NO2/c1-2-14-7-6-8-15(13-14)18-12-11-17-10-5-3-4-9-16/h6-8,13H,2-5,9-12,16H2,1H3. The van der Waals surface area contributed by atoms with E-state index < -0.39 is 0 Å². The van der Waals surface area contributed by atoms with Crippen LogP contribution in [0.15, 0.2) is 24.3 Å². The lowest BCUT2D eigenvalue weighted by Gasteiger charge is -2.08. The van der Waals surface area contributed by atoms with E-state index in [1.807, 2.05) is 12.1 Å². The zero-order valence-corrected chi connectivity index (χ0v) is 11.4. The van der Waals surface area contributed by atoms with Crippen molar-refractivity contribution >= 4 is 0 Å². The van der Waals surface area contributed by atoms with Gasteiger partial charge in [0.1, 0.15) is 12.4 Å². The van der Waals surface area contributed by atoms with Gasteiger partial charge in [-0.15, -0.1) is 0 Å². The zero-order valence-electron chi connectivity index (χ0n) is 11.4. The first-order chi connectivity index (χ1) is 8.86. The maximum absolute atomic E-state index is 5.63. The molecule has 0 heterocycles. The fourth-order valence-electron chi connectivity index (χ4n) is 1.70. The Hall–Kier alpha value is -1.06. The van der Waals surface area contributed by atoms with Crippen LogP contribution in [0.1, 0.15) is 31.7 Å². The van der Waals surface area contributed by atoms with Gasteiger partial charge in [0.15, 0.2) is 0 Å². The van der Waals surface area contributed by atoms with Crippen LogP contribution in [0.5, 0.6) is 5.75 Å². The number of unbranched alkanes of at least 4 members (excludes halogenated alkanes) is 2. The van der Waals surface area contributed by atoms with E-state index in [-0.39, 0.29) is 0 Å². The Morgan fingerprint density at radius 1 is 1.06 bits per heavy atom. The van der Waals surface area contributed by atoms with E-state index in [9.17, 15) is 0 Å². The Labute approximate surface area is 110 Å². The van der Waals surface area contributed by atoms with E-state index in [0.29, 0.717) is 13.2 Å². The molecule has 0 aliphatic carbocycles. The molecule has 1 aromatic rings. The molecule has 18 heavy (non-hydrogen) atoms. The lowest BCUT2D eigenvalue weighted by atomic mass is 10.2. The molecular weight excluding hydrogens is 226 g/mol. The Bertz CT molecular complexity index is 315. The van der Waals surface area contributed by atoms with Crippen molar-refractivity contribution in [2.75, 3.05) is 26.4 Å². The second kappa shape index (κ2) is 9.92. The number of nitrogens with two attached hydrogens (primary N) is 1. The number of rotatable bonds is 10. The molecule has 0 spiro atoms. The van der Waals surface area contributed by atoms with Gasteiger partial charge in [0.2, 0.25) is 0 Å². The van der Waals surface area contributed by atoms with E-state index >= 15 is 0 Å². The largest absolute Gasteiger partial charge is 0.491 e. The lowest BCUT2D eigenvalue weighted by Crippen LogP contribution is -2.08. The Morgan fingerprint density at radius 2 is 1.94 bits per heavy atom. The Kier molecular flexibility index (Phi) is 8.26. The molecule has 1 aromatic carbocycles. The number of aryl methyl sites for hydroxylation is 1. The highest BCUT2D eigenvalue weighted by molar-refractivity contribution is 5.28. The van der Waals surface area contributed by atoms with Gasteiger partial charge in [0.05, 0.1) is 6.61 Å². The average molecular weight is 251 g/mol. The van der Waals surface area contributed by atoms with Crippen LogP contribution in [-0.4, -0.2) is 26.4 Å². The molecule has 2 N–H and O–H groups in total. The molecule has 0 radical (unpaired) electrons. The molecule has 0 aliphatic heterocycles. The van der Waals surface area contributed by atoms with Crippen LogP contribution in [-0.2, 0) is 11.2 Å². The number of hydrogen-bond acceptors (Lipinski definition) is 3. The second-order valence-corrected chi connectivity index (χ2v) is 4.31. The van der Waals surface area contributed by atoms with Crippen LogP contribution in [0.4, 0.5) is 0 Å². The van der Waals surface area contributed by atoms with E-state index in [1.54, 1.807) is 0 Å². The fourth-order valence-corrected chi connectivity index (χ4v) is 1.70. The minimum absolute atomic E-state index is 0.615. The van der Waals surface area contributed by atoms with Gasteiger partial charge >= 0.3 is 0 Å². The highest BCUT2D eigenvalue weighted by atomic mass is 16.5. The van der Waals surface area contributed by atoms with Crippen molar-refractivity contribution in [1.29, 1.82) is 0 Å². The summed E-state index contributed by atoms with van der Waals surface area (Å²) in [6, 6.07) is 8.21. The number of ether oxygens (including phenoxy) is 2. The van der Waals surface area contributed by atoms with Crippen LogP contribution < -0.4 is 10.5 Å². The second-order valence-electron chi connectivity index (χ2n) is 4.31. The van der Waals surface area contributed by atoms with E-state index in [0.717, 1.165) is 44.6 Å². The first-order valence-corrected chi connectivity index (χ1v) is 6.86. The SMILES string of the molecule is CCc1cccc(OCCOCCCCCN)c1. The molecule has 1 rings (SSSR count). The molecule has 0 atom stereocenters. The molecular formula is C15H25NO2. The molecule has 0 bridgehead atoms. The minimum Gasteiger partial charge on any atom is -0.491 e. The average Bonchev–Trinajstić information content (AvgIpc) is 2.42. The summed E-state index contributed by atoms with van der Waals surface area (Å²) in [4.78, 5) is 0. The van der Waals surface area contributed by atoms with Crippen molar-refractivity contribution in [1.82, 2.24) is 0 Å². The summed E-state index contributed by atoms with van der Waals surface area (Å²) in [6.45, 7) is 4.99. The van der Waals surface area contributed by atoms with Crippen LogP contribution in [0.3, 0.4) is 0 Å². The third-order valence-electron chi connectivity index (χ3n) is 2.80. The highest BCUT2D eigenvalue weighted by Gasteiger charge is 1.95. The van der Waals surface area contributed by atoms with E-state index in [1.165, 1.54) is 5.56 Å². The fraction of sp³-hybridized carbons (Fsp3) is 0.600.